The van der Waals surface area contributed by atoms with Crippen molar-refractivity contribution in [3.8, 4) is 0 Å². The average molecular weight is 488 g/mol. The molecule has 12 nitrogen and oxygen atoms in total. The SMILES string of the molecule is [B][C@@H]1O[C@H](COCOC2C(O)[C@H]([B])O[C@@H]2COP(C)(=O)OC2C[C@H]([B])O[C@@H]2CO)C(O)C1O. The zero-order valence-corrected chi connectivity index (χ0v) is 19.0. The van der Waals surface area contributed by atoms with Crippen molar-refractivity contribution >= 4 is 31.1 Å². The third kappa shape index (κ3) is 7.02. The maximum absolute atomic E-state index is 12.8. The van der Waals surface area contributed by atoms with Gasteiger partial charge in [0.2, 0.25) is 0 Å². The van der Waals surface area contributed by atoms with Crippen LogP contribution in [0.25, 0.3) is 0 Å². The van der Waals surface area contributed by atoms with Gasteiger partial charge in [-0.05, 0) is 6.42 Å². The van der Waals surface area contributed by atoms with E-state index in [-0.39, 0.29) is 33.0 Å². The first-order valence-corrected chi connectivity index (χ1v) is 12.5. The van der Waals surface area contributed by atoms with Gasteiger partial charge in [-0.15, -0.1) is 0 Å². The van der Waals surface area contributed by atoms with Crippen LogP contribution >= 0.6 is 7.60 Å². The summed E-state index contributed by atoms with van der Waals surface area (Å²) in [6, 6.07) is -2.75. The Balaban J connectivity index is 1.45. The van der Waals surface area contributed by atoms with Crippen LogP contribution in [0, 0.1) is 0 Å². The summed E-state index contributed by atoms with van der Waals surface area (Å²) in [5.74, 6) is 0. The molecule has 33 heavy (non-hydrogen) atoms. The summed E-state index contributed by atoms with van der Waals surface area (Å²) in [6.45, 7) is 0.162. The number of aliphatic hydroxyl groups is 4. The first-order chi connectivity index (χ1) is 15.5. The molecule has 0 aromatic carbocycles. The zero-order chi connectivity index (χ0) is 24.3. The molecule has 0 spiro atoms. The predicted octanol–water partition coefficient (Wildman–Crippen LogP) is -3.28. The minimum absolute atomic E-state index is 0.127. The van der Waals surface area contributed by atoms with Crippen molar-refractivity contribution in [1.29, 1.82) is 0 Å². The fourth-order valence-corrected chi connectivity index (χ4v) is 5.01. The largest absolute Gasteiger partial charge is 0.394 e. The Morgan fingerprint density at radius 3 is 2.24 bits per heavy atom. The standard InChI is InChI=1S/C17H28B3O12P/c1-33(25,32-7-2-11(18)29-8(7)3-21)28-5-10-15(14(24)17(20)31-10)27-6-26-4-9-12(22)13(23)16(19)30-9/h7-17,21-24H,2-6H2,1H3/t7?,8-,9-,10-,11-,12?,13?,14?,15?,16-,17-,33?/m1/s1. The van der Waals surface area contributed by atoms with Crippen LogP contribution in [0.2, 0.25) is 0 Å². The third-order valence-corrected chi connectivity index (χ3v) is 6.88. The number of hydrogen-bond acceptors (Lipinski definition) is 12. The number of ether oxygens (including phenoxy) is 5. The molecule has 16 heteroatoms. The molecule has 12 atom stereocenters. The van der Waals surface area contributed by atoms with Gasteiger partial charge >= 0.3 is 7.60 Å². The van der Waals surface area contributed by atoms with Gasteiger partial charge in [0.1, 0.15) is 67.0 Å². The van der Waals surface area contributed by atoms with Gasteiger partial charge in [-0.2, -0.15) is 0 Å². The minimum Gasteiger partial charge on any atom is -0.394 e. The monoisotopic (exact) mass is 488 g/mol. The van der Waals surface area contributed by atoms with E-state index in [0.29, 0.717) is 0 Å². The molecule has 182 valence electrons. The highest BCUT2D eigenvalue weighted by Crippen LogP contribution is 2.48. The summed E-state index contributed by atoms with van der Waals surface area (Å²) in [6.07, 6.45) is -7.56. The maximum Gasteiger partial charge on any atom is 0.328 e. The molecule has 3 fully saturated rings. The van der Waals surface area contributed by atoms with Gasteiger partial charge in [-0.3, -0.25) is 4.57 Å². The molecule has 0 aliphatic carbocycles. The van der Waals surface area contributed by atoms with Crippen molar-refractivity contribution in [2.75, 3.05) is 33.3 Å². The molecule has 3 aliphatic heterocycles. The van der Waals surface area contributed by atoms with E-state index in [0.717, 1.165) is 0 Å². The molecular weight excluding hydrogens is 460 g/mol. The van der Waals surface area contributed by atoms with E-state index >= 15 is 0 Å². The highest BCUT2D eigenvalue weighted by atomic mass is 31.2. The van der Waals surface area contributed by atoms with E-state index in [4.69, 9.17) is 56.3 Å². The van der Waals surface area contributed by atoms with Gasteiger partial charge in [0.25, 0.3) is 0 Å². The van der Waals surface area contributed by atoms with Gasteiger partial charge < -0.3 is 53.2 Å². The van der Waals surface area contributed by atoms with Crippen molar-refractivity contribution in [1.82, 2.24) is 0 Å². The van der Waals surface area contributed by atoms with Crippen molar-refractivity contribution in [3.05, 3.63) is 0 Å². The lowest BCUT2D eigenvalue weighted by molar-refractivity contribution is -0.147. The highest BCUT2D eigenvalue weighted by molar-refractivity contribution is 7.53. The number of aliphatic hydroxyl groups excluding tert-OH is 4. The maximum atomic E-state index is 12.8. The minimum atomic E-state index is -3.62. The lowest BCUT2D eigenvalue weighted by Gasteiger charge is -2.25. The van der Waals surface area contributed by atoms with Crippen LogP contribution in [0.1, 0.15) is 6.42 Å². The summed E-state index contributed by atoms with van der Waals surface area (Å²) in [7, 11) is 13.3. The lowest BCUT2D eigenvalue weighted by atomic mass is 9.93. The van der Waals surface area contributed by atoms with Crippen LogP contribution in [0.4, 0.5) is 0 Å². The Morgan fingerprint density at radius 1 is 0.939 bits per heavy atom. The van der Waals surface area contributed by atoms with Gasteiger partial charge in [-0.1, -0.05) is 0 Å². The molecule has 3 saturated heterocycles. The number of rotatable bonds is 11. The quantitative estimate of drug-likeness (QED) is 0.0996. The summed E-state index contributed by atoms with van der Waals surface area (Å²) in [5, 5.41) is 39.0. The Morgan fingerprint density at radius 2 is 1.61 bits per heavy atom. The second kappa shape index (κ2) is 11.8. The normalized spacial score (nSPS) is 45.4. The molecule has 4 N–H and O–H groups in total. The van der Waals surface area contributed by atoms with Gasteiger partial charge in [-0.25, -0.2) is 0 Å². The average Bonchev–Trinajstić information content (AvgIpc) is 3.33. The van der Waals surface area contributed by atoms with Crippen LogP contribution in [0.3, 0.4) is 0 Å². The molecule has 0 aromatic heterocycles. The molecule has 3 rings (SSSR count). The lowest BCUT2D eigenvalue weighted by Crippen LogP contribution is -2.38. The topological polar surface area (TPSA) is 163 Å². The molecule has 3 heterocycles. The summed E-state index contributed by atoms with van der Waals surface area (Å²) < 4.78 is 50.3. The third-order valence-electron chi connectivity index (χ3n) is 5.61. The van der Waals surface area contributed by atoms with Crippen molar-refractivity contribution in [2.45, 2.75) is 73.3 Å². The molecule has 6 unspecified atom stereocenters. The van der Waals surface area contributed by atoms with Gasteiger partial charge in [0, 0.05) is 24.7 Å². The summed E-state index contributed by atoms with van der Waals surface area (Å²) in [5.41, 5.74) is 0. The van der Waals surface area contributed by atoms with E-state index in [1.54, 1.807) is 0 Å². The van der Waals surface area contributed by atoms with Crippen molar-refractivity contribution in [3.63, 3.8) is 0 Å². The second-order valence-electron chi connectivity index (χ2n) is 8.21. The van der Waals surface area contributed by atoms with Gasteiger partial charge in [0.15, 0.2) is 0 Å². The zero-order valence-electron chi connectivity index (χ0n) is 18.1. The molecule has 0 saturated carbocycles. The number of hydrogen-bond donors (Lipinski definition) is 4. The van der Waals surface area contributed by atoms with Gasteiger partial charge in [0.05, 0.1) is 32.0 Å². The molecule has 0 amide bonds. The Kier molecular flexibility index (Phi) is 9.87. The molecular formula is C17H28B3O12P. The smallest absolute Gasteiger partial charge is 0.328 e. The van der Waals surface area contributed by atoms with Crippen molar-refractivity contribution < 1.29 is 57.7 Å². The van der Waals surface area contributed by atoms with Crippen LogP contribution in [-0.4, -0.2) is 144 Å². The fourth-order valence-electron chi connectivity index (χ4n) is 3.82. The molecule has 3 aliphatic rings. The Labute approximate surface area is 195 Å². The Hall–Kier alpha value is -0.0152. The van der Waals surface area contributed by atoms with E-state index < -0.39 is 74.4 Å². The van der Waals surface area contributed by atoms with Crippen LogP contribution in [0.15, 0.2) is 0 Å². The van der Waals surface area contributed by atoms with Crippen LogP contribution in [0.5, 0.6) is 0 Å². The van der Waals surface area contributed by atoms with E-state index in [1.807, 2.05) is 0 Å². The first-order valence-electron chi connectivity index (χ1n) is 10.5. The first kappa shape index (κ1) is 27.6. The molecule has 0 aromatic rings. The second-order valence-corrected chi connectivity index (χ2v) is 10.2. The van der Waals surface area contributed by atoms with E-state index in [2.05, 4.69) is 0 Å². The van der Waals surface area contributed by atoms with E-state index in [9.17, 15) is 25.0 Å². The van der Waals surface area contributed by atoms with E-state index in [1.165, 1.54) is 6.66 Å². The predicted molar refractivity (Wildman–Crippen MR) is 113 cm³/mol. The van der Waals surface area contributed by atoms with Crippen LogP contribution < -0.4 is 0 Å². The van der Waals surface area contributed by atoms with Crippen molar-refractivity contribution in [2.24, 2.45) is 0 Å². The molecule has 6 radical (unpaired) electrons. The summed E-state index contributed by atoms with van der Waals surface area (Å²) in [4.78, 5) is 0. The highest BCUT2D eigenvalue weighted by Gasteiger charge is 2.44. The summed E-state index contributed by atoms with van der Waals surface area (Å²) >= 11 is 0. The Bertz CT molecular complexity index is 679. The molecule has 0 bridgehead atoms. The van der Waals surface area contributed by atoms with Crippen LogP contribution in [-0.2, 0) is 37.3 Å². The fraction of sp³-hybridized carbons (Fsp3) is 1.00.